The van der Waals surface area contributed by atoms with Gasteiger partial charge in [0.1, 0.15) is 5.75 Å². The van der Waals surface area contributed by atoms with Crippen LogP contribution in [0.3, 0.4) is 0 Å². The molecular formula is C17H15NO3. The monoisotopic (exact) mass is 281 g/mol. The highest BCUT2D eigenvalue weighted by Crippen LogP contribution is 2.30. The molecule has 0 aliphatic carbocycles. The van der Waals surface area contributed by atoms with Gasteiger partial charge in [0.15, 0.2) is 0 Å². The van der Waals surface area contributed by atoms with Gasteiger partial charge in [-0.05, 0) is 23.8 Å². The maximum absolute atomic E-state index is 12.4. The fourth-order valence-corrected chi connectivity index (χ4v) is 2.38. The molecule has 0 unspecified atom stereocenters. The normalized spacial score (nSPS) is 13.2. The molecule has 0 spiro atoms. The van der Waals surface area contributed by atoms with Gasteiger partial charge in [-0.15, -0.1) is 0 Å². The van der Waals surface area contributed by atoms with Crippen LogP contribution in [0.2, 0.25) is 0 Å². The number of carbonyl (C=O) groups is 2. The first kappa shape index (κ1) is 13.4. The Labute approximate surface area is 123 Å². The molecule has 4 heteroatoms. The van der Waals surface area contributed by atoms with Gasteiger partial charge in [0.2, 0.25) is 0 Å². The van der Waals surface area contributed by atoms with Crippen LogP contribution < -0.4 is 9.64 Å². The van der Waals surface area contributed by atoms with E-state index in [1.165, 1.54) is 0 Å². The van der Waals surface area contributed by atoms with E-state index in [0.717, 1.165) is 16.8 Å². The van der Waals surface area contributed by atoms with Crippen LogP contribution in [0.25, 0.3) is 0 Å². The Morgan fingerprint density at radius 2 is 2.00 bits per heavy atom. The van der Waals surface area contributed by atoms with E-state index < -0.39 is 0 Å². The SMILES string of the molecule is CCC(=O)Oc1cccc(N2Cc3ccccc3C2=O)c1. The summed E-state index contributed by atoms with van der Waals surface area (Å²) in [6, 6.07) is 14.6. The summed E-state index contributed by atoms with van der Waals surface area (Å²) in [6.45, 7) is 2.28. The van der Waals surface area contributed by atoms with E-state index >= 15 is 0 Å². The molecule has 4 nitrogen and oxygen atoms in total. The Morgan fingerprint density at radius 3 is 2.76 bits per heavy atom. The first-order valence-electron chi connectivity index (χ1n) is 6.89. The number of fused-ring (bicyclic) bond motifs is 1. The van der Waals surface area contributed by atoms with Gasteiger partial charge < -0.3 is 9.64 Å². The molecule has 0 N–H and O–H groups in total. The molecule has 1 aliphatic rings. The third kappa shape index (κ3) is 2.52. The molecule has 0 saturated heterocycles. The van der Waals surface area contributed by atoms with Crippen molar-refractivity contribution in [1.82, 2.24) is 0 Å². The number of hydrogen-bond acceptors (Lipinski definition) is 3. The molecule has 1 amide bonds. The van der Waals surface area contributed by atoms with Crippen molar-refractivity contribution in [3.63, 3.8) is 0 Å². The molecule has 0 atom stereocenters. The lowest BCUT2D eigenvalue weighted by atomic mass is 10.1. The maximum Gasteiger partial charge on any atom is 0.310 e. The second-order valence-electron chi connectivity index (χ2n) is 4.87. The Morgan fingerprint density at radius 1 is 1.19 bits per heavy atom. The number of rotatable bonds is 3. The van der Waals surface area contributed by atoms with Crippen LogP contribution in [0.15, 0.2) is 48.5 Å². The molecule has 2 aromatic rings. The van der Waals surface area contributed by atoms with Gasteiger partial charge >= 0.3 is 5.97 Å². The fraction of sp³-hybridized carbons (Fsp3) is 0.176. The van der Waals surface area contributed by atoms with Crippen molar-refractivity contribution < 1.29 is 14.3 Å². The zero-order valence-corrected chi connectivity index (χ0v) is 11.7. The summed E-state index contributed by atoms with van der Waals surface area (Å²) in [5, 5.41) is 0. The molecule has 0 radical (unpaired) electrons. The van der Waals surface area contributed by atoms with E-state index in [4.69, 9.17) is 4.74 Å². The Balaban J connectivity index is 1.87. The standard InChI is InChI=1S/C17H15NO3/c1-2-16(19)21-14-8-5-7-13(10-14)18-11-12-6-3-4-9-15(12)17(18)20/h3-10H,2,11H2,1H3. The summed E-state index contributed by atoms with van der Waals surface area (Å²) in [4.78, 5) is 25.4. The quantitative estimate of drug-likeness (QED) is 0.641. The van der Waals surface area contributed by atoms with Crippen molar-refractivity contribution in [2.75, 3.05) is 4.90 Å². The zero-order chi connectivity index (χ0) is 14.8. The lowest BCUT2D eigenvalue weighted by Gasteiger charge is -2.16. The molecule has 106 valence electrons. The smallest absolute Gasteiger partial charge is 0.310 e. The number of esters is 1. The summed E-state index contributed by atoms with van der Waals surface area (Å²) in [6.07, 6.45) is 0.318. The third-order valence-corrected chi connectivity index (χ3v) is 3.47. The van der Waals surface area contributed by atoms with Gasteiger partial charge in [-0.25, -0.2) is 0 Å². The first-order chi connectivity index (χ1) is 10.2. The predicted molar refractivity (Wildman–Crippen MR) is 79.3 cm³/mol. The first-order valence-corrected chi connectivity index (χ1v) is 6.89. The molecule has 0 fully saturated rings. The highest BCUT2D eigenvalue weighted by atomic mass is 16.5. The van der Waals surface area contributed by atoms with Gasteiger partial charge in [0.05, 0.1) is 6.54 Å². The second kappa shape index (κ2) is 5.40. The second-order valence-corrected chi connectivity index (χ2v) is 4.87. The predicted octanol–water partition coefficient (Wildman–Crippen LogP) is 3.16. The molecule has 1 heterocycles. The number of amides is 1. The van der Waals surface area contributed by atoms with Gasteiger partial charge in [0, 0.05) is 23.7 Å². The highest BCUT2D eigenvalue weighted by molar-refractivity contribution is 6.10. The van der Waals surface area contributed by atoms with Gasteiger partial charge in [0.25, 0.3) is 5.91 Å². The van der Waals surface area contributed by atoms with Gasteiger partial charge in [-0.1, -0.05) is 31.2 Å². The van der Waals surface area contributed by atoms with E-state index in [9.17, 15) is 9.59 Å². The average molecular weight is 281 g/mol. The summed E-state index contributed by atoms with van der Waals surface area (Å²) >= 11 is 0. The van der Waals surface area contributed by atoms with Crippen molar-refractivity contribution in [1.29, 1.82) is 0 Å². The van der Waals surface area contributed by atoms with Crippen LogP contribution in [0, 0.1) is 0 Å². The molecule has 1 aliphatic heterocycles. The summed E-state index contributed by atoms with van der Waals surface area (Å²) < 4.78 is 5.20. The van der Waals surface area contributed by atoms with Crippen LogP contribution in [-0.2, 0) is 11.3 Å². The van der Waals surface area contributed by atoms with Crippen molar-refractivity contribution >= 4 is 17.6 Å². The largest absolute Gasteiger partial charge is 0.426 e. The van der Waals surface area contributed by atoms with Crippen molar-refractivity contribution in [2.24, 2.45) is 0 Å². The summed E-state index contributed by atoms with van der Waals surface area (Å²) in [5.74, 6) is 0.149. The molecule has 0 bridgehead atoms. The highest BCUT2D eigenvalue weighted by Gasteiger charge is 2.28. The number of ether oxygens (including phenoxy) is 1. The van der Waals surface area contributed by atoms with E-state index in [1.807, 2.05) is 30.3 Å². The maximum atomic E-state index is 12.4. The average Bonchev–Trinajstić information content (AvgIpc) is 2.85. The Kier molecular flexibility index (Phi) is 3.44. The van der Waals surface area contributed by atoms with Gasteiger partial charge in [-0.3, -0.25) is 9.59 Å². The van der Waals surface area contributed by atoms with Crippen molar-refractivity contribution in [2.45, 2.75) is 19.9 Å². The lowest BCUT2D eigenvalue weighted by molar-refractivity contribution is -0.134. The molecule has 3 rings (SSSR count). The van der Waals surface area contributed by atoms with E-state index in [2.05, 4.69) is 0 Å². The minimum atomic E-state index is -0.289. The summed E-state index contributed by atoms with van der Waals surface area (Å²) in [7, 11) is 0. The fourth-order valence-electron chi connectivity index (χ4n) is 2.38. The molecule has 21 heavy (non-hydrogen) atoms. The zero-order valence-electron chi connectivity index (χ0n) is 11.7. The van der Waals surface area contributed by atoms with Crippen LogP contribution in [0.1, 0.15) is 29.3 Å². The minimum Gasteiger partial charge on any atom is -0.426 e. The molecular weight excluding hydrogens is 266 g/mol. The van der Waals surface area contributed by atoms with Crippen molar-refractivity contribution in [3.05, 3.63) is 59.7 Å². The van der Waals surface area contributed by atoms with Crippen molar-refractivity contribution in [3.8, 4) is 5.75 Å². The third-order valence-electron chi connectivity index (χ3n) is 3.47. The van der Waals surface area contributed by atoms with E-state index in [-0.39, 0.29) is 11.9 Å². The van der Waals surface area contributed by atoms with E-state index in [0.29, 0.717) is 18.7 Å². The Hall–Kier alpha value is -2.62. The molecule has 0 saturated carbocycles. The number of hydrogen-bond donors (Lipinski definition) is 0. The number of anilines is 1. The van der Waals surface area contributed by atoms with Crippen LogP contribution in [0.5, 0.6) is 5.75 Å². The van der Waals surface area contributed by atoms with E-state index in [1.54, 1.807) is 30.0 Å². The van der Waals surface area contributed by atoms with Crippen LogP contribution in [0.4, 0.5) is 5.69 Å². The van der Waals surface area contributed by atoms with Gasteiger partial charge in [-0.2, -0.15) is 0 Å². The minimum absolute atomic E-state index is 0.0235. The van der Waals surface area contributed by atoms with Crippen LogP contribution in [-0.4, -0.2) is 11.9 Å². The molecule has 0 aromatic heterocycles. The number of benzene rings is 2. The topological polar surface area (TPSA) is 46.6 Å². The number of carbonyl (C=O) groups excluding carboxylic acids is 2. The summed E-state index contributed by atoms with van der Waals surface area (Å²) in [5.41, 5.74) is 2.48. The number of nitrogens with zero attached hydrogens (tertiary/aromatic N) is 1. The lowest BCUT2D eigenvalue weighted by Crippen LogP contribution is -2.23. The Bertz CT molecular complexity index is 709. The molecule has 2 aromatic carbocycles. The van der Waals surface area contributed by atoms with Crippen LogP contribution >= 0.6 is 0 Å².